The lowest BCUT2D eigenvalue weighted by atomic mass is 10.1. The molecule has 0 fully saturated rings. The lowest BCUT2D eigenvalue weighted by Gasteiger charge is -2.17. The molecule has 0 heterocycles. The Kier molecular flexibility index (Phi) is 4.92. The second kappa shape index (κ2) is 6.01. The molecule has 1 rings (SSSR count). The zero-order chi connectivity index (χ0) is 13.8. The molecule has 0 aliphatic carbocycles. The SMILES string of the molecule is COC(=O)C(Cl)(Cc1ccc(F)cc1)S[N+](=O)[O-]. The van der Waals surface area contributed by atoms with Crippen molar-refractivity contribution in [2.45, 2.75) is 10.6 Å². The third-order valence-corrected chi connectivity index (χ3v) is 3.30. The Morgan fingerprint density at radius 1 is 1.56 bits per heavy atom. The van der Waals surface area contributed by atoms with Gasteiger partial charge in [0.05, 0.1) is 7.11 Å². The molecule has 0 spiro atoms. The molecule has 0 amide bonds. The maximum atomic E-state index is 12.7. The summed E-state index contributed by atoms with van der Waals surface area (Å²) in [6, 6.07) is 5.16. The van der Waals surface area contributed by atoms with Gasteiger partial charge in [0.25, 0.3) is 16.2 Å². The highest BCUT2D eigenvalue weighted by molar-refractivity contribution is 7.97. The highest BCUT2D eigenvalue weighted by Crippen LogP contribution is 2.35. The van der Waals surface area contributed by atoms with Crippen LogP contribution in [0.25, 0.3) is 0 Å². The van der Waals surface area contributed by atoms with Crippen LogP contribution in [0.2, 0.25) is 0 Å². The summed E-state index contributed by atoms with van der Waals surface area (Å²) in [5.74, 6) is -1.37. The van der Waals surface area contributed by atoms with E-state index in [-0.39, 0.29) is 18.4 Å². The molecule has 0 radical (unpaired) electrons. The third kappa shape index (κ3) is 3.85. The molecule has 0 aliphatic rings. The first kappa shape index (κ1) is 14.7. The van der Waals surface area contributed by atoms with Crippen molar-refractivity contribution in [2.75, 3.05) is 7.11 Å². The first-order chi connectivity index (χ1) is 8.37. The van der Waals surface area contributed by atoms with E-state index in [0.717, 1.165) is 7.11 Å². The summed E-state index contributed by atoms with van der Waals surface area (Å²) in [4.78, 5) is 22.0. The van der Waals surface area contributed by atoms with Gasteiger partial charge in [-0.3, -0.25) is 10.1 Å². The monoisotopic (exact) mass is 293 g/mol. The summed E-state index contributed by atoms with van der Waals surface area (Å²) < 4.78 is 14.5. The largest absolute Gasteiger partial charge is 0.467 e. The maximum Gasteiger partial charge on any atom is 0.344 e. The number of nitrogens with zero attached hydrogens (tertiary/aromatic N) is 1. The first-order valence-corrected chi connectivity index (χ1v) is 5.88. The highest BCUT2D eigenvalue weighted by Gasteiger charge is 2.46. The topological polar surface area (TPSA) is 69.4 Å². The average Bonchev–Trinajstić information content (AvgIpc) is 2.30. The van der Waals surface area contributed by atoms with Gasteiger partial charge in [0.15, 0.2) is 0 Å². The standard InChI is InChI=1S/C10H9ClFNO4S/c1-17-9(14)10(11,18-13(15)16)6-7-2-4-8(12)5-3-7/h2-5H,6H2,1H3. The number of esters is 1. The molecule has 0 saturated heterocycles. The Morgan fingerprint density at radius 3 is 2.56 bits per heavy atom. The van der Waals surface area contributed by atoms with Gasteiger partial charge in [-0.25, -0.2) is 9.18 Å². The number of carbonyl (C=O) groups is 1. The Morgan fingerprint density at radius 2 is 2.11 bits per heavy atom. The Hall–Kier alpha value is -1.34. The second-order valence-corrected chi connectivity index (χ2v) is 5.39. The number of rotatable bonds is 5. The molecule has 0 aromatic heterocycles. The van der Waals surface area contributed by atoms with Crippen molar-refractivity contribution in [1.29, 1.82) is 0 Å². The van der Waals surface area contributed by atoms with E-state index in [1.165, 1.54) is 24.3 Å². The van der Waals surface area contributed by atoms with Crippen LogP contribution < -0.4 is 0 Å². The minimum atomic E-state index is -1.87. The third-order valence-electron chi connectivity index (χ3n) is 2.05. The number of benzene rings is 1. The van der Waals surface area contributed by atoms with Crippen LogP contribution in [0.15, 0.2) is 24.3 Å². The van der Waals surface area contributed by atoms with Crippen molar-refractivity contribution in [1.82, 2.24) is 0 Å². The van der Waals surface area contributed by atoms with Crippen molar-refractivity contribution in [3.8, 4) is 0 Å². The van der Waals surface area contributed by atoms with Crippen molar-refractivity contribution < 1.29 is 18.3 Å². The Labute approximate surface area is 112 Å². The molecule has 18 heavy (non-hydrogen) atoms. The normalized spacial score (nSPS) is 13.7. The molecule has 1 aromatic rings. The molecule has 98 valence electrons. The van der Waals surface area contributed by atoms with Crippen LogP contribution in [0.5, 0.6) is 0 Å². The summed E-state index contributed by atoms with van der Waals surface area (Å²) >= 11 is 5.97. The fraction of sp³-hybridized carbons (Fsp3) is 0.300. The number of ether oxygens (including phenoxy) is 1. The lowest BCUT2D eigenvalue weighted by Crippen LogP contribution is -2.34. The zero-order valence-electron chi connectivity index (χ0n) is 9.26. The molecule has 5 nitrogen and oxygen atoms in total. The van der Waals surface area contributed by atoms with E-state index >= 15 is 0 Å². The molecule has 1 aromatic carbocycles. The fourth-order valence-electron chi connectivity index (χ4n) is 1.28. The number of halogens is 2. The van der Waals surface area contributed by atoms with Crippen LogP contribution in [0.1, 0.15) is 5.56 Å². The fourth-order valence-corrected chi connectivity index (χ4v) is 2.30. The van der Waals surface area contributed by atoms with Crippen molar-refractivity contribution in [3.05, 3.63) is 45.8 Å². The van der Waals surface area contributed by atoms with Crippen LogP contribution in [0.4, 0.5) is 4.39 Å². The van der Waals surface area contributed by atoms with E-state index in [1.54, 1.807) is 0 Å². The number of hydrogen-bond acceptors (Lipinski definition) is 5. The predicted molar refractivity (Wildman–Crippen MR) is 65.3 cm³/mol. The molecule has 8 heteroatoms. The molecule has 0 N–H and O–H groups in total. The number of methoxy groups -OCH3 is 1. The number of nitro groups is 1. The lowest BCUT2D eigenvalue weighted by molar-refractivity contribution is -0.285. The Bertz CT molecular complexity index is 456. The van der Waals surface area contributed by atoms with Crippen LogP contribution >= 0.6 is 23.5 Å². The van der Waals surface area contributed by atoms with Crippen molar-refractivity contribution >= 4 is 29.5 Å². The minimum Gasteiger partial charge on any atom is -0.467 e. The highest BCUT2D eigenvalue weighted by atomic mass is 35.5. The summed E-state index contributed by atoms with van der Waals surface area (Å²) in [6.07, 6.45) is -0.146. The van der Waals surface area contributed by atoms with Gasteiger partial charge in [-0.05, 0) is 17.7 Å². The van der Waals surface area contributed by atoms with Gasteiger partial charge in [0.2, 0.25) is 0 Å². The maximum absolute atomic E-state index is 12.7. The van der Waals surface area contributed by atoms with E-state index in [4.69, 9.17) is 11.6 Å². The van der Waals surface area contributed by atoms with Crippen LogP contribution in [-0.4, -0.2) is 21.6 Å². The summed E-state index contributed by atoms with van der Waals surface area (Å²) in [6.45, 7) is 0. The molecule has 1 unspecified atom stereocenters. The van der Waals surface area contributed by atoms with Gasteiger partial charge in [-0.1, -0.05) is 23.7 Å². The summed E-state index contributed by atoms with van der Waals surface area (Å²) in [7, 11) is 1.09. The van der Waals surface area contributed by atoms with Gasteiger partial charge in [-0.2, -0.15) is 0 Å². The number of carbonyl (C=O) groups excluding carboxylic acids is 1. The van der Waals surface area contributed by atoms with E-state index in [9.17, 15) is 19.3 Å². The smallest absolute Gasteiger partial charge is 0.344 e. The van der Waals surface area contributed by atoms with E-state index in [1.807, 2.05) is 0 Å². The first-order valence-electron chi connectivity index (χ1n) is 4.72. The van der Waals surface area contributed by atoms with Gasteiger partial charge in [-0.15, -0.1) is 0 Å². The van der Waals surface area contributed by atoms with E-state index in [0.29, 0.717) is 5.56 Å². The van der Waals surface area contributed by atoms with E-state index < -0.39 is 20.3 Å². The van der Waals surface area contributed by atoms with Gasteiger partial charge >= 0.3 is 5.97 Å². The van der Waals surface area contributed by atoms with Crippen molar-refractivity contribution in [3.63, 3.8) is 0 Å². The molecular formula is C10H9ClFNO4S. The quantitative estimate of drug-likeness (QED) is 0.274. The molecule has 0 bridgehead atoms. The van der Waals surface area contributed by atoms with Crippen molar-refractivity contribution in [2.24, 2.45) is 0 Å². The van der Waals surface area contributed by atoms with Crippen LogP contribution in [-0.2, 0) is 16.0 Å². The van der Waals surface area contributed by atoms with Crippen LogP contribution in [0.3, 0.4) is 0 Å². The average molecular weight is 294 g/mol. The number of hydrogen-bond donors (Lipinski definition) is 0. The predicted octanol–water partition coefficient (Wildman–Crippen LogP) is 2.40. The molecule has 1 atom stereocenters. The van der Waals surface area contributed by atoms with Gasteiger partial charge in [0.1, 0.15) is 10.1 Å². The van der Waals surface area contributed by atoms with Gasteiger partial charge in [0, 0.05) is 6.42 Å². The zero-order valence-corrected chi connectivity index (χ0v) is 10.8. The van der Waals surface area contributed by atoms with Crippen LogP contribution in [0, 0.1) is 15.9 Å². The minimum absolute atomic E-state index is 0.0529. The number of alkyl halides is 1. The second-order valence-electron chi connectivity index (χ2n) is 3.34. The molecule has 0 aliphatic heterocycles. The molecule has 0 saturated carbocycles. The van der Waals surface area contributed by atoms with Gasteiger partial charge < -0.3 is 4.74 Å². The van der Waals surface area contributed by atoms with E-state index in [2.05, 4.69) is 4.74 Å². The summed E-state index contributed by atoms with van der Waals surface area (Å²) in [5.41, 5.74) is 0.492. The molecular weight excluding hydrogens is 285 g/mol. The summed E-state index contributed by atoms with van der Waals surface area (Å²) in [5, 5.41) is 10.5. The Balaban J connectivity index is 2.94.